The Bertz CT molecular complexity index is 601. The zero-order valence-electron chi connectivity index (χ0n) is 10.9. The molecule has 1 aromatic heterocycles. The van der Waals surface area contributed by atoms with E-state index in [9.17, 15) is 0 Å². The van der Waals surface area contributed by atoms with Crippen molar-refractivity contribution in [1.82, 2.24) is 4.98 Å². The molecule has 96 valence electrons. The number of rotatable bonds is 4. The summed E-state index contributed by atoms with van der Waals surface area (Å²) in [5, 5.41) is 8.93. The number of hydrogen-bond donors (Lipinski definition) is 1. The van der Waals surface area contributed by atoms with Crippen LogP contribution in [0.5, 0.6) is 0 Å². The van der Waals surface area contributed by atoms with Crippen LogP contribution in [0.4, 0.5) is 11.5 Å². The molecule has 0 amide bonds. The van der Waals surface area contributed by atoms with Crippen molar-refractivity contribution in [1.29, 1.82) is 5.26 Å². The molecule has 19 heavy (non-hydrogen) atoms. The highest BCUT2D eigenvalue weighted by atomic mass is 15.2. The quantitative estimate of drug-likeness (QED) is 0.849. The Labute approximate surface area is 113 Å². The molecule has 0 spiro atoms. The van der Waals surface area contributed by atoms with Gasteiger partial charge in [-0.25, -0.2) is 4.98 Å². The van der Waals surface area contributed by atoms with Crippen LogP contribution in [-0.4, -0.2) is 11.5 Å². The number of aromatic nitrogens is 1. The lowest BCUT2D eigenvalue weighted by Crippen LogP contribution is -2.23. The fourth-order valence-electron chi connectivity index (χ4n) is 1.90. The van der Waals surface area contributed by atoms with Crippen molar-refractivity contribution in [2.45, 2.75) is 13.5 Å². The van der Waals surface area contributed by atoms with Crippen molar-refractivity contribution in [2.24, 2.45) is 0 Å². The summed E-state index contributed by atoms with van der Waals surface area (Å²) in [4.78, 5) is 6.41. The van der Waals surface area contributed by atoms with Crippen molar-refractivity contribution in [3.8, 4) is 6.07 Å². The molecular formula is C15H16N4. The Hall–Kier alpha value is -2.54. The highest BCUT2D eigenvalue weighted by Gasteiger charge is 2.09. The molecule has 4 nitrogen and oxygen atoms in total. The number of nitrogens with zero attached hydrogens (tertiary/aromatic N) is 3. The summed E-state index contributed by atoms with van der Waals surface area (Å²) in [7, 11) is 0. The number of pyridine rings is 1. The lowest BCUT2D eigenvalue weighted by molar-refractivity contribution is 0.815. The summed E-state index contributed by atoms with van der Waals surface area (Å²) in [6.07, 6.45) is 1.66. The maximum absolute atomic E-state index is 8.93. The first-order valence-electron chi connectivity index (χ1n) is 6.19. The maximum Gasteiger partial charge on any atom is 0.130 e. The molecule has 1 aromatic carbocycles. The standard InChI is InChI=1S/C15H16N4/c1-2-19(11-13-5-3-4-6-14(13)17)15-9-12(10-16)7-8-18-15/h3-9H,2,11,17H2,1H3. The van der Waals surface area contributed by atoms with Crippen LogP contribution in [0, 0.1) is 11.3 Å². The van der Waals surface area contributed by atoms with E-state index in [1.807, 2.05) is 24.3 Å². The lowest BCUT2D eigenvalue weighted by atomic mass is 10.1. The molecule has 4 heteroatoms. The minimum Gasteiger partial charge on any atom is -0.398 e. The van der Waals surface area contributed by atoms with Gasteiger partial charge in [0.2, 0.25) is 0 Å². The molecule has 1 heterocycles. The van der Waals surface area contributed by atoms with Gasteiger partial charge in [-0.1, -0.05) is 18.2 Å². The van der Waals surface area contributed by atoms with Gasteiger partial charge in [-0.15, -0.1) is 0 Å². The van der Waals surface area contributed by atoms with Gasteiger partial charge in [0.25, 0.3) is 0 Å². The topological polar surface area (TPSA) is 65.9 Å². The summed E-state index contributed by atoms with van der Waals surface area (Å²) >= 11 is 0. The van der Waals surface area contributed by atoms with E-state index in [1.165, 1.54) is 0 Å². The second-order valence-corrected chi connectivity index (χ2v) is 4.23. The fraction of sp³-hybridized carbons (Fsp3) is 0.200. The van der Waals surface area contributed by atoms with Gasteiger partial charge in [0.1, 0.15) is 5.82 Å². The Balaban J connectivity index is 2.25. The third-order valence-electron chi connectivity index (χ3n) is 3.00. The summed E-state index contributed by atoms with van der Waals surface area (Å²) in [6, 6.07) is 13.4. The van der Waals surface area contributed by atoms with E-state index < -0.39 is 0 Å². The van der Waals surface area contributed by atoms with E-state index in [4.69, 9.17) is 11.0 Å². The van der Waals surface area contributed by atoms with Gasteiger partial charge in [-0.3, -0.25) is 0 Å². The van der Waals surface area contributed by atoms with E-state index in [2.05, 4.69) is 22.9 Å². The Kier molecular flexibility index (Phi) is 3.99. The molecule has 0 bridgehead atoms. The smallest absolute Gasteiger partial charge is 0.130 e. The summed E-state index contributed by atoms with van der Waals surface area (Å²) < 4.78 is 0. The summed E-state index contributed by atoms with van der Waals surface area (Å²) in [5.74, 6) is 0.796. The predicted octanol–water partition coefficient (Wildman–Crippen LogP) is 2.56. The monoisotopic (exact) mass is 252 g/mol. The number of hydrogen-bond acceptors (Lipinski definition) is 4. The number of nitriles is 1. The molecule has 0 aliphatic heterocycles. The van der Waals surface area contributed by atoms with E-state index in [1.54, 1.807) is 18.3 Å². The first-order valence-corrected chi connectivity index (χ1v) is 6.19. The largest absolute Gasteiger partial charge is 0.398 e. The van der Waals surface area contributed by atoms with Gasteiger partial charge in [0.15, 0.2) is 0 Å². The predicted molar refractivity (Wildman–Crippen MR) is 76.5 cm³/mol. The van der Waals surface area contributed by atoms with Crippen LogP contribution in [0.15, 0.2) is 42.6 Å². The van der Waals surface area contributed by atoms with Crippen LogP contribution in [0.2, 0.25) is 0 Å². The fourth-order valence-corrected chi connectivity index (χ4v) is 1.90. The SMILES string of the molecule is CCN(Cc1ccccc1N)c1cc(C#N)ccn1. The second kappa shape index (κ2) is 5.87. The molecule has 2 N–H and O–H groups in total. The number of nitrogen functional groups attached to an aromatic ring is 1. The zero-order chi connectivity index (χ0) is 13.7. The molecule has 0 atom stereocenters. The van der Waals surface area contributed by atoms with Crippen molar-refractivity contribution in [3.05, 3.63) is 53.7 Å². The van der Waals surface area contributed by atoms with Gasteiger partial charge < -0.3 is 10.6 Å². The van der Waals surface area contributed by atoms with Gasteiger partial charge in [0, 0.05) is 25.0 Å². The third-order valence-corrected chi connectivity index (χ3v) is 3.00. The van der Waals surface area contributed by atoms with Crippen LogP contribution in [-0.2, 0) is 6.54 Å². The van der Waals surface area contributed by atoms with Crippen LogP contribution in [0.25, 0.3) is 0 Å². The lowest BCUT2D eigenvalue weighted by Gasteiger charge is -2.22. The minimum absolute atomic E-state index is 0.615. The Morgan fingerprint density at radius 1 is 1.32 bits per heavy atom. The molecular weight excluding hydrogens is 236 g/mol. The molecule has 0 fully saturated rings. The Morgan fingerprint density at radius 2 is 2.11 bits per heavy atom. The molecule has 0 saturated carbocycles. The number of para-hydroxylation sites is 1. The van der Waals surface area contributed by atoms with Gasteiger partial charge in [-0.05, 0) is 30.7 Å². The molecule has 0 radical (unpaired) electrons. The minimum atomic E-state index is 0.615. The van der Waals surface area contributed by atoms with Crippen molar-refractivity contribution >= 4 is 11.5 Å². The molecule has 2 aromatic rings. The van der Waals surface area contributed by atoms with Crippen LogP contribution in [0.1, 0.15) is 18.1 Å². The molecule has 0 unspecified atom stereocenters. The average Bonchev–Trinajstić information content (AvgIpc) is 2.46. The van der Waals surface area contributed by atoms with Gasteiger partial charge in [-0.2, -0.15) is 5.26 Å². The van der Waals surface area contributed by atoms with E-state index in [-0.39, 0.29) is 0 Å². The number of anilines is 2. The van der Waals surface area contributed by atoms with Gasteiger partial charge >= 0.3 is 0 Å². The van der Waals surface area contributed by atoms with Crippen molar-refractivity contribution in [3.63, 3.8) is 0 Å². The van der Waals surface area contributed by atoms with Gasteiger partial charge in [0.05, 0.1) is 11.6 Å². The van der Waals surface area contributed by atoms with E-state index >= 15 is 0 Å². The van der Waals surface area contributed by atoms with Crippen molar-refractivity contribution < 1.29 is 0 Å². The molecule has 0 saturated heterocycles. The highest BCUT2D eigenvalue weighted by Crippen LogP contribution is 2.18. The Morgan fingerprint density at radius 3 is 2.79 bits per heavy atom. The average molecular weight is 252 g/mol. The third kappa shape index (κ3) is 3.02. The summed E-state index contributed by atoms with van der Waals surface area (Å²) in [5.41, 5.74) is 8.41. The van der Waals surface area contributed by atoms with Crippen LogP contribution in [0.3, 0.4) is 0 Å². The summed E-state index contributed by atoms with van der Waals surface area (Å²) in [6.45, 7) is 3.54. The van der Waals surface area contributed by atoms with E-state index in [0.717, 1.165) is 23.6 Å². The highest BCUT2D eigenvalue weighted by molar-refractivity contribution is 5.51. The maximum atomic E-state index is 8.93. The van der Waals surface area contributed by atoms with Crippen molar-refractivity contribution in [2.75, 3.05) is 17.2 Å². The van der Waals surface area contributed by atoms with E-state index in [0.29, 0.717) is 12.1 Å². The zero-order valence-corrected chi connectivity index (χ0v) is 10.9. The first kappa shape index (κ1) is 12.9. The molecule has 0 aliphatic carbocycles. The van der Waals surface area contributed by atoms with Crippen LogP contribution >= 0.6 is 0 Å². The number of benzene rings is 1. The first-order chi connectivity index (χ1) is 9.24. The molecule has 2 rings (SSSR count). The normalized spacial score (nSPS) is 9.89. The van der Waals surface area contributed by atoms with Crippen LogP contribution < -0.4 is 10.6 Å². The second-order valence-electron chi connectivity index (χ2n) is 4.23. The molecule has 0 aliphatic rings. The number of nitrogens with two attached hydrogens (primary N) is 1.